The predicted octanol–water partition coefficient (Wildman–Crippen LogP) is 2.77. The molecule has 2 heterocycles. The highest BCUT2D eigenvalue weighted by atomic mass is 32.1. The van der Waals surface area contributed by atoms with Crippen LogP contribution in [0.15, 0.2) is 36.5 Å². The van der Waals surface area contributed by atoms with Crippen LogP contribution in [0.25, 0.3) is 10.6 Å². The number of nitrogens with two attached hydrogens (primary N) is 1. The number of aryl methyl sites for hydroxylation is 1. The minimum Gasteiger partial charge on any atom is -0.396 e. The molecule has 3 aromatic rings. The lowest BCUT2D eigenvalue weighted by Gasteiger charge is -2.07. The molecule has 0 radical (unpaired) electrons. The van der Waals surface area contributed by atoms with Crippen LogP contribution < -0.4 is 11.1 Å². The van der Waals surface area contributed by atoms with Gasteiger partial charge < -0.3 is 16.2 Å². The van der Waals surface area contributed by atoms with Crippen molar-refractivity contribution < 1.29 is 5.11 Å². The van der Waals surface area contributed by atoms with Gasteiger partial charge in [0.15, 0.2) is 5.13 Å². The zero-order valence-electron chi connectivity index (χ0n) is 12.7. The van der Waals surface area contributed by atoms with E-state index in [1.807, 2.05) is 37.3 Å². The summed E-state index contributed by atoms with van der Waals surface area (Å²) in [6.45, 7) is 2.06. The number of nitrogens with one attached hydrogen (secondary N) is 1. The number of nitrogen functional groups attached to an aromatic ring is 1. The summed E-state index contributed by atoms with van der Waals surface area (Å²) in [6, 6.07) is 9.66. The largest absolute Gasteiger partial charge is 0.396 e. The smallest absolute Gasteiger partial charge is 0.227 e. The fraction of sp³-hybridized carbons (Fsp3) is 0.188. The standard InChI is InChI=1S/C16H17N5OS/c1-10-14(23-15(17)19-10)13-6-8-18-16(21-13)20-12-4-2-11(3-5-12)7-9-22/h2-6,8,22H,7,9H2,1H3,(H2,17,19)(H,18,20,21). The van der Waals surface area contributed by atoms with Gasteiger partial charge in [-0.1, -0.05) is 23.5 Å². The van der Waals surface area contributed by atoms with E-state index in [9.17, 15) is 0 Å². The zero-order chi connectivity index (χ0) is 16.2. The molecule has 0 bridgehead atoms. The van der Waals surface area contributed by atoms with Crippen molar-refractivity contribution in [2.24, 2.45) is 0 Å². The van der Waals surface area contributed by atoms with Gasteiger partial charge >= 0.3 is 0 Å². The lowest BCUT2D eigenvalue weighted by atomic mass is 10.1. The molecule has 0 aliphatic heterocycles. The number of hydrogen-bond acceptors (Lipinski definition) is 7. The highest BCUT2D eigenvalue weighted by Gasteiger charge is 2.10. The number of thiazole rings is 1. The molecule has 0 aliphatic carbocycles. The summed E-state index contributed by atoms with van der Waals surface area (Å²) in [5.74, 6) is 0.517. The molecule has 4 N–H and O–H groups in total. The maximum atomic E-state index is 8.94. The van der Waals surface area contributed by atoms with Gasteiger partial charge in [-0.25, -0.2) is 15.0 Å². The molecule has 1 aromatic carbocycles. The molecule has 0 saturated heterocycles. The van der Waals surface area contributed by atoms with E-state index in [0.29, 0.717) is 17.5 Å². The molecular weight excluding hydrogens is 310 g/mol. The molecule has 0 atom stereocenters. The van der Waals surface area contributed by atoms with Crippen LogP contribution in [0, 0.1) is 6.92 Å². The second-order valence-electron chi connectivity index (χ2n) is 5.03. The average molecular weight is 327 g/mol. The predicted molar refractivity (Wildman–Crippen MR) is 92.8 cm³/mol. The summed E-state index contributed by atoms with van der Waals surface area (Å²) in [5.41, 5.74) is 9.39. The minimum absolute atomic E-state index is 0.148. The fourth-order valence-corrected chi connectivity index (χ4v) is 3.02. The number of nitrogens with zero attached hydrogens (tertiary/aromatic N) is 3. The van der Waals surface area contributed by atoms with Crippen LogP contribution in [-0.2, 0) is 6.42 Å². The maximum absolute atomic E-state index is 8.94. The topological polar surface area (TPSA) is 97.0 Å². The van der Waals surface area contributed by atoms with Crippen molar-refractivity contribution in [1.82, 2.24) is 15.0 Å². The van der Waals surface area contributed by atoms with Gasteiger partial charge in [0.05, 0.1) is 16.3 Å². The summed E-state index contributed by atoms with van der Waals surface area (Å²) in [7, 11) is 0. The number of aliphatic hydroxyl groups is 1. The Kier molecular flexibility index (Phi) is 4.50. The van der Waals surface area contributed by atoms with Gasteiger partial charge in [-0.2, -0.15) is 0 Å². The van der Waals surface area contributed by atoms with Gasteiger partial charge in [0.25, 0.3) is 0 Å². The van der Waals surface area contributed by atoms with Crippen LogP contribution in [0.4, 0.5) is 16.8 Å². The normalized spacial score (nSPS) is 10.7. The Labute approximate surface area is 138 Å². The first kappa shape index (κ1) is 15.4. The summed E-state index contributed by atoms with van der Waals surface area (Å²) >= 11 is 1.41. The number of aromatic nitrogens is 3. The summed E-state index contributed by atoms with van der Waals surface area (Å²) in [4.78, 5) is 13.9. The summed E-state index contributed by atoms with van der Waals surface area (Å²) in [5, 5.41) is 12.6. The van der Waals surface area contributed by atoms with Crippen LogP contribution in [0.2, 0.25) is 0 Å². The molecule has 23 heavy (non-hydrogen) atoms. The minimum atomic E-state index is 0.148. The van der Waals surface area contributed by atoms with E-state index < -0.39 is 0 Å². The Bertz CT molecular complexity index is 800. The van der Waals surface area contributed by atoms with Gasteiger partial charge in [0.1, 0.15) is 0 Å². The van der Waals surface area contributed by atoms with E-state index in [1.165, 1.54) is 11.3 Å². The molecule has 2 aromatic heterocycles. The molecular formula is C16H17N5OS. The van der Waals surface area contributed by atoms with Crippen LogP contribution in [0.3, 0.4) is 0 Å². The van der Waals surface area contributed by atoms with Gasteiger partial charge in [-0.3, -0.25) is 0 Å². The molecule has 3 rings (SSSR count). The fourth-order valence-electron chi connectivity index (χ4n) is 2.21. The Morgan fingerprint density at radius 3 is 2.61 bits per heavy atom. The zero-order valence-corrected chi connectivity index (χ0v) is 13.5. The first-order chi connectivity index (χ1) is 11.2. The highest BCUT2D eigenvalue weighted by Crippen LogP contribution is 2.30. The number of aliphatic hydroxyl groups excluding tert-OH is 1. The Balaban J connectivity index is 1.81. The summed E-state index contributed by atoms with van der Waals surface area (Å²) < 4.78 is 0. The number of anilines is 3. The van der Waals surface area contributed by atoms with Crippen LogP contribution >= 0.6 is 11.3 Å². The van der Waals surface area contributed by atoms with Crippen molar-refractivity contribution in [1.29, 1.82) is 0 Å². The molecule has 118 valence electrons. The number of rotatable bonds is 5. The Hall–Kier alpha value is -2.51. The van der Waals surface area contributed by atoms with E-state index in [1.54, 1.807) is 6.20 Å². The summed E-state index contributed by atoms with van der Waals surface area (Å²) in [6.07, 6.45) is 2.36. The van der Waals surface area contributed by atoms with Crippen molar-refractivity contribution >= 4 is 28.1 Å². The van der Waals surface area contributed by atoms with Crippen LogP contribution in [-0.4, -0.2) is 26.7 Å². The first-order valence-electron chi connectivity index (χ1n) is 7.19. The highest BCUT2D eigenvalue weighted by molar-refractivity contribution is 7.18. The first-order valence-corrected chi connectivity index (χ1v) is 8.00. The van der Waals surface area contributed by atoms with E-state index >= 15 is 0 Å². The third-order valence-electron chi connectivity index (χ3n) is 3.31. The molecule has 0 amide bonds. The molecule has 6 nitrogen and oxygen atoms in total. The van der Waals surface area contributed by atoms with E-state index in [2.05, 4.69) is 20.3 Å². The van der Waals surface area contributed by atoms with Crippen molar-refractivity contribution in [3.05, 3.63) is 47.8 Å². The second-order valence-corrected chi connectivity index (χ2v) is 6.06. The van der Waals surface area contributed by atoms with Gasteiger partial charge in [-0.05, 0) is 37.1 Å². The van der Waals surface area contributed by atoms with Crippen LogP contribution in [0.1, 0.15) is 11.3 Å². The molecule has 0 fully saturated rings. The molecule has 7 heteroatoms. The maximum Gasteiger partial charge on any atom is 0.227 e. The van der Waals surface area contributed by atoms with Gasteiger partial charge in [-0.15, -0.1) is 0 Å². The Morgan fingerprint density at radius 1 is 1.17 bits per heavy atom. The number of hydrogen-bond donors (Lipinski definition) is 3. The van der Waals surface area contributed by atoms with Gasteiger partial charge in [0, 0.05) is 18.5 Å². The Morgan fingerprint density at radius 2 is 1.96 bits per heavy atom. The van der Waals surface area contributed by atoms with Crippen molar-refractivity contribution in [2.45, 2.75) is 13.3 Å². The van der Waals surface area contributed by atoms with E-state index in [4.69, 9.17) is 10.8 Å². The lowest BCUT2D eigenvalue weighted by Crippen LogP contribution is -1.98. The molecule has 0 aliphatic rings. The quantitative estimate of drug-likeness (QED) is 0.667. The lowest BCUT2D eigenvalue weighted by molar-refractivity contribution is 0.299. The van der Waals surface area contributed by atoms with Crippen molar-refractivity contribution in [3.8, 4) is 10.6 Å². The molecule has 0 unspecified atom stereocenters. The third-order valence-corrected chi connectivity index (χ3v) is 4.32. The van der Waals surface area contributed by atoms with Gasteiger partial charge in [0.2, 0.25) is 5.95 Å². The number of benzene rings is 1. The van der Waals surface area contributed by atoms with Crippen LogP contribution in [0.5, 0.6) is 0 Å². The van der Waals surface area contributed by atoms with E-state index in [0.717, 1.165) is 27.5 Å². The van der Waals surface area contributed by atoms with Crippen molar-refractivity contribution in [3.63, 3.8) is 0 Å². The van der Waals surface area contributed by atoms with Crippen molar-refractivity contribution in [2.75, 3.05) is 17.7 Å². The van der Waals surface area contributed by atoms with E-state index in [-0.39, 0.29) is 6.61 Å². The third kappa shape index (κ3) is 3.64. The second kappa shape index (κ2) is 6.72. The monoisotopic (exact) mass is 327 g/mol. The molecule has 0 saturated carbocycles. The molecule has 0 spiro atoms. The SMILES string of the molecule is Cc1nc(N)sc1-c1ccnc(Nc2ccc(CCO)cc2)n1. The average Bonchev–Trinajstić information content (AvgIpc) is 2.88.